The molecule has 0 aliphatic carbocycles. The maximum absolute atomic E-state index is 11.0. The van der Waals surface area contributed by atoms with Crippen molar-refractivity contribution in [3.8, 4) is 11.5 Å². The number of benzene rings is 1. The van der Waals surface area contributed by atoms with Crippen molar-refractivity contribution in [2.75, 3.05) is 0 Å². The van der Waals surface area contributed by atoms with E-state index in [0.29, 0.717) is 22.4 Å². The molecular formula is C8H7AlN2O2. The van der Waals surface area contributed by atoms with Gasteiger partial charge in [-0.2, -0.15) is 5.10 Å². The monoisotopic (exact) mass is 190 g/mol. The van der Waals surface area contributed by atoms with Crippen molar-refractivity contribution in [1.82, 2.24) is 8.76 Å². The maximum atomic E-state index is 11.0. The van der Waals surface area contributed by atoms with Crippen LogP contribution in [-0.4, -0.2) is 25.3 Å². The summed E-state index contributed by atoms with van der Waals surface area (Å²) in [5.74, 6) is 0.00567. The standard InChI is InChI=1S/C8H6N2O2.Al.2H/c11-8-10-9-7(12-8)6-4-2-1-3-5-6;;;/h1-5H,(H,10,11);;;/q;+1;;/p-1. The maximum Gasteiger partial charge on any atom is 0.412 e. The summed E-state index contributed by atoms with van der Waals surface area (Å²) in [7, 11) is 0. The Kier molecular flexibility index (Phi) is 2.05. The molecule has 0 amide bonds. The molecule has 0 bridgehead atoms. The molecule has 0 unspecified atom stereocenters. The van der Waals surface area contributed by atoms with E-state index in [0.717, 1.165) is 5.56 Å². The first-order chi connectivity index (χ1) is 6.27. The van der Waals surface area contributed by atoms with Crippen LogP contribution in [0, 0.1) is 0 Å². The molecule has 0 fully saturated rings. The van der Waals surface area contributed by atoms with Crippen molar-refractivity contribution in [2.45, 2.75) is 0 Å². The molecule has 0 radical (unpaired) electrons. The van der Waals surface area contributed by atoms with Gasteiger partial charge in [-0.25, -0.2) is 4.79 Å². The number of aromatic nitrogens is 2. The fraction of sp³-hybridized carbons (Fsp3) is 0. The minimum Gasteiger partial charge on any atom is -0.389 e. The van der Waals surface area contributed by atoms with Crippen LogP contribution in [0.25, 0.3) is 11.5 Å². The molecular weight excluding hydrogens is 183 g/mol. The molecule has 5 heteroatoms. The minimum atomic E-state index is -0.384. The number of rotatable bonds is 1. The highest BCUT2D eigenvalue weighted by Gasteiger charge is 2.05. The molecule has 0 saturated heterocycles. The lowest BCUT2D eigenvalue weighted by Crippen LogP contribution is -2.12. The van der Waals surface area contributed by atoms with Gasteiger partial charge < -0.3 is 8.08 Å². The summed E-state index contributed by atoms with van der Waals surface area (Å²) in [5, 5.41) is 3.98. The predicted molar refractivity (Wildman–Crippen MR) is 50.1 cm³/mol. The molecule has 13 heavy (non-hydrogen) atoms. The summed E-state index contributed by atoms with van der Waals surface area (Å²) in [6.07, 6.45) is 0. The van der Waals surface area contributed by atoms with Crippen LogP contribution in [-0.2, 0) is 0 Å². The summed E-state index contributed by atoms with van der Waals surface area (Å²) in [5.41, 5.74) is 0.828. The Hall–Kier alpha value is -1.31. The van der Waals surface area contributed by atoms with Gasteiger partial charge in [-0.3, -0.25) is 0 Å². The van der Waals surface area contributed by atoms with Crippen LogP contribution in [0.15, 0.2) is 39.5 Å². The zero-order valence-electron chi connectivity index (χ0n) is 7.10. The molecule has 2 aromatic rings. The summed E-state index contributed by atoms with van der Waals surface area (Å²) in [6.45, 7) is 0. The largest absolute Gasteiger partial charge is 0.412 e. The van der Waals surface area contributed by atoms with E-state index in [1.54, 1.807) is 0 Å². The van der Waals surface area contributed by atoms with Crippen molar-refractivity contribution in [1.29, 1.82) is 0 Å². The van der Waals surface area contributed by atoms with E-state index >= 15 is 0 Å². The Bertz CT molecular complexity index is 460. The fourth-order valence-corrected chi connectivity index (χ4v) is 1.32. The minimum absolute atomic E-state index is 0.384. The zero-order valence-corrected chi connectivity index (χ0v) is 9.10. The van der Waals surface area contributed by atoms with Crippen molar-refractivity contribution in [2.24, 2.45) is 0 Å². The molecule has 0 saturated carbocycles. The summed E-state index contributed by atoms with van der Waals surface area (Å²) >= 11 is 0.547. The van der Waals surface area contributed by atoms with Crippen molar-refractivity contribution in [3.63, 3.8) is 0 Å². The van der Waals surface area contributed by atoms with Crippen LogP contribution >= 0.6 is 0 Å². The highest BCUT2D eigenvalue weighted by atomic mass is 27.1. The Balaban J connectivity index is 2.54. The smallest absolute Gasteiger partial charge is 0.389 e. The van der Waals surface area contributed by atoms with Gasteiger partial charge in [0.1, 0.15) is 0 Å². The first kappa shape index (κ1) is 8.30. The molecule has 0 atom stereocenters. The molecule has 64 valence electrons. The lowest BCUT2D eigenvalue weighted by molar-refractivity contribution is 0.522. The molecule has 2 rings (SSSR count). The topological polar surface area (TPSA) is 48.0 Å². The van der Waals surface area contributed by atoms with E-state index in [2.05, 4.69) is 5.10 Å². The Labute approximate surface area is 82.4 Å². The van der Waals surface area contributed by atoms with Crippen LogP contribution in [0.3, 0.4) is 0 Å². The van der Waals surface area contributed by atoms with Gasteiger partial charge in [-0.15, -0.1) is 0 Å². The second kappa shape index (κ2) is 3.21. The Morgan fingerprint density at radius 2 is 2.00 bits per heavy atom. The van der Waals surface area contributed by atoms with Crippen LogP contribution < -0.4 is 5.76 Å². The fourth-order valence-electron chi connectivity index (χ4n) is 1.04. The summed E-state index contributed by atoms with van der Waals surface area (Å²) in [4.78, 5) is 11.0. The molecule has 0 spiro atoms. The first-order valence-corrected chi connectivity index (χ1v) is 4.76. The van der Waals surface area contributed by atoms with Crippen molar-refractivity contribution >= 4 is 16.5 Å². The Morgan fingerprint density at radius 3 is 2.54 bits per heavy atom. The van der Waals surface area contributed by atoms with E-state index in [1.807, 2.05) is 30.3 Å². The van der Waals surface area contributed by atoms with Gasteiger partial charge in [0.2, 0.25) is 5.89 Å². The van der Waals surface area contributed by atoms with Gasteiger partial charge in [0.15, 0.2) is 0 Å². The molecule has 1 aromatic carbocycles. The zero-order chi connectivity index (χ0) is 9.26. The summed E-state index contributed by atoms with van der Waals surface area (Å²) in [6, 6.07) is 9.36. The second-order valence-electron chi connectivity index (χ2n) is 2.66. The quantitative estimate of drug-likeness (QED) is 0.590. The third kappa shape index (κ3) is 1.57. The molecule has 1 heterocycles. The highest BCUT2D eigenvalue weighted by molar-refractivity contribution is 6.05. The van der Waals surface area contributed by atoms with Gasteiger partial charge in [-0.1, -0.05) is 18.2 Å². The number of nitrogens with zero attached hydrogens (tertiary/aromatic N) is 2. The third-order valence-electron chi connectivity index (χ3n) is 1.71. The summed E-state index contributed by atoms with van der Waals surface area (Å²) < 4.78 is 6.24. The van der Waals surface area contributed by atoms with E-state index in [9.17, 15) is 4.79 Å². The van der Waals surface area contributed by atoms with Crippen LogP contribution in [0.2, 0.25) is 0 Å². The van der Waals surface area contributed by atoms with E-state index < -0.39 is 0 Å². The number of hydrogen-bond donors (Lipinski definition) is 0. The van der Waals surface area contributed by atoms with Gasteiger partial charge in [0, 0.05) is 5.56 Å². The predicted octanol–water partition coefficient (Wildman–Crippen LogP) is -0.101. The average Bonchev–Trinajstić information content (AvgIpc) is 2.49. The second-order valence-corrected chi connectivity index (χ2v) is 3.51. The Morgan fingerprint density at radius 1 is 1.31 bits per heavy atom. The van der Waals surface area contributed by atoms with E-state index in [-0.39, 0.29) is 5.76 Å². The lowest BCUT2D eigenvalue weighted by Gasteiger charge is -1.90. The highest BCUT2D eigenvalue weighted by Crippen LogP contribution is 2.13. The van der Waals surface area contributed by atoms with Crippen LogP contribution in [0.1, 0.15) is 0 Å². The first-order valence-electron chi connectivity index (χ1n) is 3.87. The van der Waals surface area contributed by atoms with E-state index in [4.69, 9.17) is 4.42 Å². The average molecular weight is 190 g/mol. The van der Waals surface area contributed by atoms with Crippen molar-refractivity contribution < 1.29 is 4.42 Å². The SMILES string of the molecule is O=c1oc(-c2ccccc2)n[n]1[AlH2]. The molecule has 0 aliphatic rings. The normalized spacial score (nSPS) is 10.2. The molecule has 1 aromatic heterocycles. The third-order valence-corrected chi connectivity index (χ3v) is 2.27. The van der Waals surface area contributed by atoms with Crippen molar-refractivity contribution in [3.05, 3.63) is 40.9 Å². The van der Waals surface area contributed by atoms with E-state index in [1.165, 1.54) is 3.67 Å². The van der Waals surface area contributed by atoms with Crippen LogP contribution in [0.5, 0.6) is 0 Å². The van der Waals surface area contributed by atoms with Gasteiger partial charge in [0.05, 0.1) is 0 Å². The molecule has 0 aliphatic heterocycles. The van der Waals surface area contributed by atoms with Crippen LogP contribution in [0.4, 0.5) is 0 Å². The number of hydrogen-bond acceptors (Lipinski definition) is 3. The lowest BCUT2D eigenvalue weighted by atomic mass is 10.2. The van der Waals surface area contributed by atoms with Gasteiger partial charge >= 0.3 is 22.3 Å². The van der Waals surface area contributed by atoms with Gasteiger partial charge in [0.25, 0.3) is 0 Å². The molecule has 0 N–H and O–H groups in total. The van der Waals surface area contributed by atoms with Gasteiger partial charge in [-0.05, 0) is 12.1 Å². The molecule has 4 nitrogen and oxygen atoms in total.